The summed E-state index contributed by atoms with van der Waals surface area (Å²) in [5, 5.41) is 128. The second-order valence-corrected chi connectivity index (χ2v) is 18.1. The molecule has 4 heterocycles. The van der Waals surface area contributed by atoms with Crippen LogP contribution in [0, 0.1) is 0 Å². The van der Waals surface area contributed by atoms with E-state index >= 15 is 0 Å². The molecule has 2 aliphatic carbocycles. The number of fused-ring (bicyclic) bond motifs is 2. The van der Waals surface area contributed by atoms with Crippen molar-refractivity contribution in [1.82, 2.24) is 10.6 Å². The molecule has 20 atom stereocenters. The Labute approximate surface area is 409 Å². The van der Waals surface area contributed by atoms with Crippen molar-refractivity contribution in [3.05, 3.63) is 58.7 Å². The van der Waals surface area contributed by atoms with Gasteiger partial charge in [0.2, 0.25) is 24.4 Å². The SMILES string of the molecule is CC(=O)[C@H]1O[C@@H](Oc2ccc(/C=C(\C)C(=O)N[C@H]3[C@@H](O)[C@H](O)[C@@H]4OCO[C@@H]4[C@H]3O)cc2O)[C@@H](O)[C@@H]1O.CC(=O)[C@H]1O[C@@H](Oc2ccc(/C=C(\C)C(=O)N[C@H]3[C@@H](O)[C@H](O)[C@@H]4OCO[C@@H]4[C@H]3O)cc2O)[C@@H](O)[C@@H]1O. The Morgan fingerprint density at radius 2 is 0.819 bits per heavy atom. The van der Waals surface area contributed by atoms with E-state index in [2.05, 4.69) is 10.6 Å². The first-order valence-electron chi connectivity index (χ1n) is 22.6. The molecule has 72 heavy (non-hydrogen) atoms. The number of hydrogen-bond donors (Lipinski definition) is 14. The Balaban J connectivity index is 0.000000211. The number of aliphatic hydroxyl groups is 10. The van der Waals surface area contributed by atoms with Crippen LogP contribution in [-0.2, 0) is 47.6 Å². The molecule has 396 valence electrons. The highest BCUT2D eigenvalue weighted by molar-refractivity contribution is 5.98. The van der Waals surface area contributed by atoms with Gasteiger partial charge in [-0.2, -0.15) is 0 Å². The number of phenolic OH excluding ortho intramolecular Hbond substituents is 2. The number of aromatic hydroxyl groups is 2. The number of Topliss-reactive ketones (excluding diaryl/α,β-unsaturated/α-hetero) is 2. The average molecular weight is 1020 g/mol. The van der Waals surface area contributed by atoms with Crippen LogP contribution in [0.1, 0.15) is 38.8 Å². The van der Waals surface area contributed by atoms with Gasteiger partial charge in [0.25, 0.3) is 0 Å². The number of carbonyl (C=O) groups excluding carboxylic acids is 4. The molecule has 0 spiro atoms. The van der Waals surface area contributed by atoms with Crippen LogP contribution in [0.4, 0.5) is 0 Å². The number of amides is 2. The van der Waals surface area contributed by atoms with E-state index in [0.29, 0.717) is 11.1 Å². The lowest BCUT2D eigenvalue weighted by atomic mass is 9.83. The molecule has 6 fully saturated rings. The van der Waals surface area contributed by atoms with Gasteiger partial charge >= 0.3 is 0 Å². The highest BCUT2D eigenvalue weighted by Crippen LogP contribution is 2.36. The van der Waals surface area contributed by atoms with E-state index in [-0.39, 0.29) is 47.7 Å². The molecule has 0 unspecified atom stereocenters. The number of hydrogen-bond acceptors (Lipinski definition) is 24. The van der Waals surface area contributed by atoms with Gasteiger partial charge in [0.15, 0.2) is 34.6 Å². The fourth-order valence-corrected chi connectivity index (χ4v) is 8.93. The number of ether oxygens (including phenoxy) is 8. The normalized spacial score (nSPS) is 38.5. The Bertz CT molecular complexity index is 2220. The lowest BCUT2D eigenvalue weighted by molar-refractivity contribution is -0.155. The van der Waals surface area contributed by atoms with E-state index in [9.17, 15) is 80.5 Å². The van der Waals surface area contributed by atoms with Crippen molar-refractivity contribution in [2.45, 2.75) is 150 Å². The summed E-state index contributed by atoms with van der Waals surface area (Å²) in [5.74, 6) is -3.17. The van der Waals surface area contributed by atoms with Crippen LogP contribution in [0.5, 0.6) is 23.0 Å². The van der Waals surface area contributed by atoms with Gasteiger partial charge < -0.3 is 110 Å². The van der Waals surface area contributed by atoms with Crippen molar-refractivity contribution in [1.29, 1.82) is 0 Å². The van der Waals surface area contributed by atoms with Gasteiger partial charge in [0.05, 0.1) is 12.1 Å². The highest BCUT2D eigenvalue weighted by Gasteiger charge is 2.55. The van der Waals surface area contributed by atoms with E-state index in [1.165, 1.54) is 76.2 Å². The first kappa shape index (κ1) is 54.5. The second-order valence-electron chi connectivity index (χ2n) is 18.1. The quantitative estimate of drug-likeness (QED) is 0.0886. The number of ketones is 2. The number of benzene rings is 2. The van der Waals surface area contributed by atoms with Gasteiger partial charge in [0, 0.05) is 11.1 Å². The van der Waals surface area contributed by atoms with Gasteiger partial charge in [-0.15, -0.1) is 0 Å². The topological polar surface area (TPSA) is 409 Å². The molecule has 0 radical (unpaired) electrons. The molecule has 4 aliphatic heterocycles. The maximum Gasteiger partial charge on any atom is 0.247 e. The van der Waals surface area contributed by atoms with Crippen LogP contribution >= 0.6 is 0 Å². The molecule has 8 rings (SSSR count). The largest absolute Gasteiger partial charge is 0.504 e. The third kappa shape index (κ3) is 11.3. The van der Waals surface area contributed by atoms with Crippen LogP contribution in [0.25, 0.3) is 12.2 Å². The van der Waals surface area contributed by atoms with Crippen LogP contribution in [-0.4, -0.2) is 221 Å². The molecule has 2 aromatic carbocycles. The zero-order valence-corrected chi connectivity index (χ0v) is 38.8. The van der Waals surface area contributed by atoms with Gasteiger partial charge in [-0.1, -0.05) is 12.1 Å². The fourth-order valence-electron chi connectivity index (χ4n) is 8.93. The minimum absolute atomic E-state index is 0.0921. The summed E-state index contributed by atoms with van der Waals surface area (Å²) in [6, 6.07) is 5.80. The van der Waals surface area contributed by atoms with E-state index < -0.39 is 146 Å². The van der Waals surface area contributed by atoms with E-state index in [1.54, 1.807) is 0 Å². The molecule has 2 aromatic rings. The van der Waals surface area contributed by atoms with Crippen LogP contribution < -0.4 is 20.1 Å². The van der Waals surface area contributed by atoms with Crippen molar-refractivity contribution < 1.29 is 118 Å². The van der Waals surface area contributed by atoms with Gasteiger partial charge in [0.1, 0.15) is 111 Å². The summed E-state index contributed by atoms with van der Waals surface area (Å²) >= 11 is 0. The van der Waals surface area contributed by atoms with Crippen LogP contribution in [0.3, 0.4) is 0 Å². The lowest BCUT2D eigenvalue weighted by Crippen LogP contribution is -2.67. The first-order valence-corrected chi connectivity index (χ1v) is 22.6. The van der Waals surface area contributed by atoms with Crippen molar-refractivity contribution in [2.24, 2.45) is 0 Å². The summed E-state index contributed by atoms with van der Waals surface area (Å²) in [6.45, 7) is 5.04. The summed E-state index contributed by atoms with van der Waals surface area (Å²) < 4.78 is 42.2. The van der Waals surface area contributed by atoms with Gasteiger partial charge in [-0.3, -0.25) is 19.2 Å². The number of phenols is 2. The summed E-state index contributed by atoms with van der Waals surface area (Å²) in [6.07, 6.45) is -20.4. The van der Waals surface area contributed by atoms with E-state index in [1.807, 2.05) is 0 Å². The van der Waals surface area contributed by atoms with Crippen molar-refractivity contribution in [3.63, 3.8) is 0 Å². The minimum atomic E-state index is -1.51. The standard InChI is InChI=1S/2C23H29NO12/c2*1-8(22(32)24-13-14(27)16(29)21-20(15(13)28)33-7-34-21)5-10-3-4-12(11(26)6-10)35-23-18(31)17(30)19(36-23)9(2)25/h2*3-6,13-21,23,26-31H,7H2,1-2H3,(H,24,32)/b2*8-5+/t2*13-,14+,15-,16-,17-,18-,19+,20+,21-,23+/m00/s1. The number of carbonyl (C=O) groups is 4. The fraction of sp³-hybridized carbons (Fsp3) is 0.565. The number of aliphatic hydroxyl groups excluding tert-OH is 10. The molecular weight excluding hydrogens is 964 g/mol. The van der Waals surface area contributed by atoms with E-state index in [4.69, 9.17) is 37.9 Å². The number of rotatable bonds is 12. The summed E-state index contributed by atoms with van der Waals surface area (Å²) in [5.41, 5.74) is 1.09. The van der Waals surface area contributed by atoms with E-state index in [0.717, 1.165) is 0 Å². The maximum absolute atomic E-state index is 12.7. The third-order valence-electron chi connectivity index (χ3n) is 13.0. The monoisotopic (exact) mass is 1020 g/mol. The third-order valence-corrected chi connectivity index (χ3v) is 13.0. The van der Waals surface area contributed by atoms with Gasteiger partial charge in [-0.05, 0) is 75.2 Å². The molecule has 0 aromatic heterocycles. The predicted octanol–water partition coefficient (Wildman–Crippen LogP) is -4.93. The van der Waals surface area contributed by atoms with Crippen LogP contribution in [0.15, 0.2) is 47.5 Å². The van der Waals surface area contributed by atoms with Crippen molar-refractivity contribution >= 4 is 35.5 Å². The first-order chi connectivity index (χ1) is 34.0. The summed E-state index contributed by atoms with van der Waals surface area (Å²) in [4.78, 5) is 48.4. The molecule has 26 nitrogen and oxygen atoms in total. The molecule has 4 saturated heterocycles. The molecule has 14 N–H and O–H groups in total. The highest BCUT2D eigenvalue weighted by atomic mass is 16.7. The molecule has 26 heteroatoms. The minimum Gasteiger partial charge on any atom is -0.504 e. The maximum atomic E-state index is 12.7. The zero-order chi connectivity index (χ0) is 52.6. The van der Waals surface area contributed by atoms with Gasteiger partial charge in [-0.25, -0.2) is 0 Å². The Morgan fingerprint density at radius 3 is 1.12 bits per heavy atom. The Hall–Kier alpha value is -5.24. The summed E-state index contributed by atoms with van der Waals surface area (Å²) in [7, 11) is 0. The molecular formula is C46H58N2O24. The van der Waals surface area contributed by atoms with Crippen molar-refractivity contribution in [3.8, 4) is 23.0 Å². The predicted molar refractivity (Wildman–Crippen MR) is 237 cm³/mol. The zero-order valence-electron chi connectivity index (χ0n) is 38.8. The Morgan fingerprint density at radius 1 is 0.486 bits per heavy atom. The average Bonchev–Trinajstić information content (AvgIpc) is 4.15. The molecule has 0 bridgehead atoms. The molecule has 6 aliphatic rings. The van der Waals surface area contributed by atoms with Crippen molar-refractivity contribution in [2.75, 3.05) is 13.6 Å². The Kier molecular flexibility index (Phi) is 17.0. The lowest BCUT2D eigenvalue weighted by Gasteiger charge is -2.41. The molecule has 2 saturated carbocycles. The number of nitrogens with one attached hydrogen (secondary N) is 2. The molecule has 2 amide bonds. The van der Waals surface area contributed by atoms with Crippen LogP contribution in [0.2, 0.25) is 0 Å². The second kappa shape index (κ2) is 22.5. The smallest absolute Gasteiger partial charge is 0.247 e.